The molecule has 0 aliphatic rings. The molecule has 0 bridgehead atoms. The molecular formula is C60H113NO5. The first-order valence-electron chi connectivity index (χ1n) is 29.3. The van der Waals surface area contributed by atoms with E-state index in [4.69, 9.17) is 4.74 Å². The first-order chi connectivity index (χ1) is 32.5. The minimum atomic E-state index is -0.845. The first kappa shape index (κ1) is 64.1. The molecule has 388 valence electrons. The molecule has 0 fully saturated rings. The van der Waals surface area contributed by atoms with E-state index < -0.39 is 12.1 Å². The van der Waals surface area contributed by atoms with E-state index in [1.165, 1.54) is 231 Å². The zero-order valence-electron chi connectivity index (χ0n) is 44.2. The van der Waals surface area contributed by atoms with Crippen LogP contribution in [0.5, 0.6) is 0 Å². The van der Waals surface area contributed by atoms with Gasteiger partial charge in [-0.05, 0) is 64.2 Å². The lowest BCUT2D eigenvalue weighted by Crippen LogP contribution is -2.45. The second-order valence-corrected chi connectivity index (χ2v) is 20.0. The van der Waals surface area contributed by atoms with Crippen LogP contribution in [0.3, 0.4) is 0 Å². The predicted molar refractivity (Wildman–Crippen MR) is 287 cm³/mol. The van der Waals surface area contributed by atoms with E-state index in [1.807, 2.05) is 6.08 Å². The summed E-state index contributed by atoms with van der Waals surface area (Å²) in [6.45, 7) is 4.88. The van der Waals surface area contributed by atoms with Crippen LogP contribution in [0.15, 0.2) is 36.5 Å². The Kier molecular flexibility index (Phi) is 54.1. The molecule has 0 rings (SSSR count). The summed E-state index contributed by atoms with van der Waals surface area (Å²) in [5, 5.41) is 23.1. The summed E-state index contributed by atoms with van der Waals surface area (Å²) in [5.41, 5.74) is 0. The molecule has 2 unspecified atom stereocenters. The van der Waals surface area contributed by atoms with Crippen molar-refractivity contribution in [3.8, 4) is 0 Å². The number of ether oxygens (including phenoxy) is 1. The lowest BCUT2D eigenvalue weighted by atomic mass is 10.0. The Morgan fingerprint density at radius 1 is 0.424 bits per heavy atom. The van der Waals surface area contributed by atoms with E-state index in [9.17, 15) is 19.8 Å². The predicted octanol–water partition coefficient (Wildman–Crippen LogP) is 18.0. The number of carbonyl (C=O) groups is 2. The van der Waals surface area contributed by atoms with Crippen molar-refractivity contribution >= 4 is 11.9 Å². The molecule has 0 spiro atoms. The van der Waals surface area contributed by atoms with Crippen LogP contribution in [0.4, 0.5) is 0 Å². The highest BCUT2D eigenvalue weighted by Crippen LogP contribution is 2.17. The molecule has 0 aromatic carbocycles. The SMILES string of the molecule is CCCCCC/C=C\C/C=C\CCCCCCCC(=O)OCCCCCCCCCCCCCCCCCCCCCCC(=O)NC(CO)C(O)/C=C/CCCCCCCCCCCCC. The zero-order valence-corrected chi connectivity index (χ0v) is 44.2. The van der Waals surface area contributed by atoms with Gasteiger partial charge < -0.3 is 20.3 Å². The minimum Gasteiger partial charge on any atom is -0.466 e. The highest BCUT2D eigenvalue weighted by molar-refractivity contribution is 5.76. The van der Waals surface area contributed by atoms with E-state index in [0.717, 1.165) is 51.4 Å². The quantitative estimate of drug-likeness (QED) is 0.0321. The summed E-state index contributed by atoms with van der Waals surface area (Å²) >= 11 is 0. The fourth-order valence-electron chi connectivity index (χ4n) is 8.90. The fourth-order valence-corrected chi connectivity index (χ4v) is 8.90. The molecule has 0 saturated carbocycles. The fraction of sp³-hybridized carbons (Fsp3) is 0.867. The van der Waals surface area contributed by atoms with Crippen molar-refractivity contribution in [2.75, 3.05) is 13.2 Å². The summed E-state index contributed by atoms with van der Waals surface area (Å²) < 4.78 is 5.48. The Morgan fingerprint density at radius 3 is 1.17 bits per heavy atom. The molecule has 3 N–H and O–H groups in total. The van der Waals surface area contributed by atoms with Crippen LogP contribution in [-0.4, -0.2) is 47.4 Å². The number of unbranched alkanes of at least 4 members (excludes halogenated alkanes) is 39. The number of rotatable bonds is 54. The zero-order chi connectivity index (χ0) is 47.9. The van der Waals surface area contributed by atoms with E-state index in [1.54, 1.807) is 6.08 Å². The maximum Gasteiger partial charge on any atom is 0.305 e. The van der Waals surface area contributed by atoms with Gasteiger partial charge in [-0.25, -0.2) is 0 Å². The average molecular weight is 929 g/mol. The lowest BCUT2D eigenvalue weighted by molar-refractivity contribution is -0.143. The van der Waals surface area contributed by atoms with Crippen LogP contribution in [0.25, 0.3) is 0 Å². The maximum atomic E-state index is 12.4. The molecule has 0 aromatic rings. The van der Waals surface area contributed by atoms with Crippen LogP contribution in [0.2, 0.25) is 0 Å². The number of aliphatic hydroxyl groups excluding tert-OH is 2. The third kappa shape index (κ3) is 51.5. The Labute approximate surface area is 411 Å². The van der Waals surface area contributed by atoms with E-state index in [0.29, 0.717) is 19.4 Å². The molecule has 6 nitrogen and oxygen atoms in total. The molecule has 0 aliphatic carbocycles. The number of aliphatic hydroxyl groups is 2. The Hall–Kier alpha value is -1.92. The van der Waals surface area contributed by atoms with E-state index in [-0.39, 0.29) is 18.5 Å². The highest BCUT2D eigenvalue weighted by atomic mass is 16.5. The summed E-state index contributed by atoms with van der Waals surface area (Å²) in [4.78, 5) is 24.5. The maximum absolute atomic E-state index is 12.4. The normalized spacial score (nSPS) is 12.8. The van der Waals surface area contributed by atoms with E-state index >= 15 is 0 Å². The van der Waals surface area contributed by atoms with Crippen molar-refractivity contribution in [1.82, 2.24) is 5.32 Å². The van der Waals surface area contributed by atoms with Gasteiger partial charge >= 0.3 is 5.97 Å². The number of amides is 1. The summed E-state index contributed by atoms with van der Waals surface area (Å²) in [6, 6.07) is -0.629. The van der Waals surface area contributed by atoms with Crippen molar-refractivity contribution in [3.63, 3.8) is 0 Å². The van der Waals surface area contributed by atoms with E-state index in [2.05, 4.69) is 43.5 Å². The first-order valence-corrected chi connectivity index (χ1v) is 29.3. The van der Waals surface area contributed by atoms with Crippen molar-refractivity contribution in [3.05, 3.63) is 36.5 Å². The van der Waals surface area contributed by atoms with Gasteiger partial charge in [-0.1, -0.05) is 269 Å². The molecule has 66 heavy (non-hydrogen) atoms. The van der Waals surface area contributed by atoms with Gasteiger partial charge in [0.05, 0.1) is 25.4 Å². The third-order valence-corrected chi connectivity index (χ3v) is 13.4. The van der Waals surface area contributed by atoms with Crippen LogP contribution in [0.1, 0.15) is 309 Å². The second-order valence-electron chi connectivity index (χ2n) is 20.0. The topological polar surface area (TPSA) is 95.9 Å². The molecule has 2 atom stereocenters. The summed E-state index contributed by atoms with van der Waals surface area (Å²) in [6.07, 6.45) is 68.8. The molecule has 1 amide bonds. The van der Waals surface area contributed by atoms with Gasteiger partial charge in [-0.3, -0.25) is 9.59 Å². The van der Waals surface area contributed by atoms with Crippen LogP contribution in [-0.2, 0) is 14.3 Å². The van der Waals surface area contributed by atoms with Gasteiger partial charge in [0.15, 0.2) is 0 Å². The third-order valence-electron chi connectivity index (χ3n) is 13.4. The van der Waals surface area contributed by atoms with Crippen molar-refractivity contribution in [1.29, 1.82) is 0 Å². The van der Waals surface area contributed by atoms with Crippen molar-refractivity contribution < 1.29 is 24.5 Å². The van der Waals surface area contributed by atoms with Gasteiger partial charge in [-0.15, -0.1) is 0 Å². The van der Waals surface area contributed by atoms with Gasteiger partial charge in [0.1, 0.15) is 0 Å². The van der Waals surface area contributed by atoms with Crippen LogP contribution >= 0.6 is 0 Å². The van der Waals surface area contributed by atoms with Gasteiger partial charge in [0.25, 0.3) is 0 Å². The number of carbonyl (C=O) groups excluding carboxylic acids is 2. The van der Waals surface area contributed by atoms with Crippen LogP contribution in [0, 0.1) is 0 Å². The monoisotopic (exact) mass is 928 g/mol. The number of hydrogen-bond donors (Lipinski definition) is 3. The summed E-state index contributed by atoms with van der Waals surface area (Å²) in [5.74, 6) is -0.0740. The van der Waals surface area contributed by atoms with Gasteiger partial charge in [-0.2, -0.15) is 0 Å². The Bertz CT molecular complexity index is 1070. The molecule has 0 heterocycles. The largest absolute Gasteiger partial charge is 0.466 e. The molecule has 6 heteroatoms. The highest BCUT2D eigenvalue weighted by Gasteiger charge is 2.18. The standard InChI is InChI=1S/C60H113NO5/c1-3-5-7-9-11-13-15-17-18-26-30-34-38-42-46-50-54-60(65)66-55-51-47-43-39-35-31-27-24-22-20-19-21-23-25-29-33-37-41-45-49-53-59(64)61-57(56-62)58(63)52-48-44-40-36-32-28-16-14-12-10-8-6-4-2/h13,15,18,26,48,52,57-58,62-63H,3-12,14,16-17,19-25,27-47,49-51,53-56H2,1-2H3,(H,61,64)/b15-13-,26-18-,52-48+. The molecule has 0 saturated heterocycles. The summed E-state index contributed by atoms with van der Waals surface area (Å²) in [7, 11) is 0. The number of allylic oxidation sites excluding steroid dienone is 5. The number of nitrogens with one attached hydrogen (secondary N) is 1. The van der Waals surface area contributed by atoms with Crippen molar-refractivity contribution in [2.45, 2.75) is 321 Å². The van der Waals surface area contributed by atoms with Gasteiger partial charge in [0.2, 0.25) is 5.91 Å². The van der Waals surface area contributed by atoms with Crippen LogP contribution < -0.4 is 5.32 Å². The minimum absolute atomic E-state index is 0.00376. The Balaban J connectivity index is 3.41. The molecule has 0 aliphatic heterocycles. The molecule has 0 aromatic heterocycles. The second kappa shape index (κ2) is 55.7. The molecular weight excluding hydrogens is 815 g/mol. The number of hydrogen-bond acceptors (Lipinski definition) is 5. The number of esters is 1. The smallest absolute Gasteiger partial charge is 0.305 e. The lowest BCUT2D eigenvalue weighted by Gasteiger charge is -2.20. The average Bonchev–Trinajstić information content (AvgIpc) is 3.32. The van der Waals surface area contributed by atoms with Gasteiger partial charge in [0, 0.05) is 12.8 Å². The molecule has 0 radical (unpaired) electrons. The Morgan fingerprint density at radius 2 is 0.758 bits per heavy atom. The van der Waals surface area contributed by atoms with Crippen molar-refractivity contribution in [2.24, 2.45) is 0 Å².